The number of rotatable bonds is 2. The van der Waals surface area contributed by atoms with E-state index in [9.17, 15) is 4.79 Å². The third-order valence-electron chi connectivity index (χ3n) is 2.23. The van der Waals surface area contributed by atoms with Gasteiger partial charge in [-0.25, -0.2) is 0 Å². The number of halogens is 3. The lowest BCUT2D eigenvalue weighted by molar-refractivity contribution is 0.0981. The van der Waals surface area contributed by atoms with E-state index >= 15 is 0 Å². The Balaban J connectivity index is 2.05. The van der Waals surface area contributed by atoms with Gasteiger partial charge < -0.3 is 5.32 Å². The molecule has 0 aliphatic carbocycles. The maximum absolute atomic E-state index is 11.8. The smallest absolute Gasteiger partial charge is 0.267 e. The van der Waals surface area contributed by atoms with Crippen molar-refractivity contribution in [2.75, 3.05) is 5.32 Å². The van der Waals surface area contributed by atoms with E-state index in [1.807, 2.05) is 0 Å². The number of thiocarbonyl (C=S) groups is 1. The van der Waals surface area contributed by atoms with Crippen molar-refractivity contribution in [2.24, 2.45) is 0 Å². The third-order valence-corrected chi connectivity index (χ3v) is 4.34. The molecule has 0 radical (unpaired) electrons. The Bertz CT molecular complexity index is 659. The maximum atomic E-state index is 11.8. The van der Waals surface area contributed by atoms with Crippen LogP contribution in [0.5, 0.6) is 0 Å². The number of carbonyl (C=O) groups excluding carboxylic acids is 1. The van der Waals surface area contributed by atoms with Crippen LogP contribution in [-0.4, -0.2) is 11.0 Å². The van der Waals surface area contributed by atoms with E-state index in [1.54, 1.807) is 17.5 Å². The fraction of sp³-hybridized carbons (Fsp3) is 0. The van der Waals surface area contributed by atoms with E-state index < -0.39 is 0 Å². The highest BCUT2D eigenvalue weighted by Crippen LogP contribution is 2.32. The molecule has 0 saturated carbocycles. The van der Waals surface area contributed by atoms with Crippen LogP contribution in [0.4, 0.5) is 5.69 Å². The zero-order chi connectivity index (χ0) is 14.7. The molecule has 1 heterocycles. The Morgan fingerprint density at radius 3 is 2.50 bits per heavy atom. The van der Waals surface area contributed by atoms with Crippen molar-refractivity contribution in [2.45, 2.75) is 0 Å². The Labute approximate surface area is 139 Å². The first-order valence-corrected chi connectivity index (χ1v) is 7.70. The van der Waals surface area contributed by atoms with Gasteiger partial charge >= 0.3 is 0 Å². The van der Waals surface area contributed by atoms with Gasteiger partial charge in [0.05, 0.1) is 25.6 Å². The summed E-state index contributed by atoms with van der Waals surface area (Å²) in [6, 6.07) is 6.52. The minimum Gasteiger partial charge on any atom is -0.331 e. The molecular weight excluding hydrogens is 359 g/mol. The lowest BCUT2D eigenvalue weighted by atomic mass is 10.3. The van der Waals surface area contributed by atoms with Crippen molar-refractivity contribution in [3.05, 3.63) is 49.6 Å². The van der Waals surface area contributed by atoms with Crippen molar-refractivity contribution in [3.8, 4) is 0 Å². The fourth-order valence-corrected chi connectivity index (χ4v) is 2.76. The molecule has 0 aliphatic heterocycles. The summed E-state index contributed by atoms with van der Waals surface area (Å²) in [7, 11) is 0. The zero-order valence-corrected chi connectivity index (χ0v) is 13.6. The molecule has 2 N–H and O–H groups in total. The molecule has 0 saturated heterocycles. The Morgan fingerprint density at radius 2 is 1.85 bits per heavy atom. The van der Waals surface area contributed by atoms with Gasteiger partial charge in [0.1, 0.15) is 0 Å². The second kappa shape index (κ2) is 6.74. The molecule has 20 heavy (non-hydrogen) atoms. The molecule has 2 rings (SSSR count). The molecule has 104 valence electrons. The zero-order valence-electron chi connectivity index (χ0n) is 9.75. The minimum atomic E-state index is -0.284. The molecule has 1 amide bonds. The maximum Gasteiger partial charge on any atom is 0.267 e. The van der Waals surface area contributed by atoms with Gasteiger partial charge in [-0.05, 0) is 35.8 Å². The Morgan fingerprint density at radius 1 is 1.15 bits per heavy atom. The highest BCUT2D eigenvalue weighted by molar-refractivity contribution is 7.80. The van der Waals surface area contributed by atoms with E-state index in [2.05, 4.69) is 10.6 Å². The average molecular weight is 366 g/mol. The molecule has 0 fully saturated rings. The topological polar surface area (TPSA) is 41.1 Å². The molecule has 0 bridgehead atoms. The first-order chi connectivity index (χ1) is 9.47. The number of hydrogen-bond acceptors (Lipinski definition) is 3. The number of nitrogens with one attached hydrogen (secondary N) is 2. The second-order valence-electron chi connectivity index (χ2n) is 3.63. The van der Waals surface area contributed by atoms with Crippen molar-refractivity contribution in [3.63, 3.8) is 0 Å². The summed E-state index contributed by atoms with van der Waals surface area (Å²) in [4.78, 5) is 12.4. The fourth-order valence-electron chi connectivity index (χ4n) is 1.34. The largest absolute Gasteiger partial charge is 0.331 e. The number of hydrogen-bond donors (Lipinski definition) is 2. The summed E-state index contributed by atoms with van der Waals surface area (Å²) in [6.07, 6.45) is 0. The van der Waals surface area contributed by atoms with Crippen LogP contribution >= 0.6 is 58.4 Å². The molecule has 0 aliphatic rings. The van der Waals surface area contributed by atoms with Gasteiger partial charge in [-0.3, -0.25) is 10.1 Å². The van der Waals surface area contributed by atoms with Crippen LogP contribution in [0.15, 0.2) is 29.6 Å². The molecule has 1 aromatic carbocycles. The minimum absolute atomic E-state index is 0.128. The standard InChI is InChI=1S/C12H7Cl3N2OS2/c13-6-4-8(15)9(5-7(6)14)16-12(19)17-11(18)10-2-1-3-20-10/h1-5H,(H2,16,17,18,19). The van der Waals surface area contributed by atoms with E-state index in [4.69, 9.17) is 47.0 Å². The van der Waals surface area contributed by atoms with Crippen LogP contribution in [0.2, 0.25) is 15.1 Å². The molecule has 0 atom stereocenters. The quantitative estimate of drug-likeness (QED) is 0.591. The van der Waals surface area contributed by atoms with Crippen LogP contribution in [-0.2, 0) is 0 Å². The number of amides is 1. The summed E-state index contributed by atoms with van der Waals surface area (Å²) in [6.45, 7) is 0. The van der Waals surface area contributed by atoms with Gasteiger partial charge in [0.2, 0.25) is 0 Å². The van der Waals surface area contributed by atoms with E-state index in [1.165, 1.54) is 23.5 Å². The van der Waals surface area contributed by atoms with Gasteiger partial charge in [-0.1, -0.05) is 40.9 Å². The average Bonchev–Trinajstić information content (AvgIpc) is 2.89. The molecular formula is C12H7Cl3N2OS2. The van der Waals surface area contributed by atoms with Gasteiger partial charge in [-0.15, -0.1) is 11.3 Å². The van der Waals surface area contributed by atoms with E-state index in [-0.39, 0.29) is 11.0 Å². The predicted octanol–water partition coefficient (Wildman–Crippen LogP) is 4.84. The summed E-state index contributed by atoms with van der Waals surface area (Å²) in [5, 5.41) is 8.32. The summed E-state index contributed by atoms with van der Waals surface area (Å²) >= 11 is 24.1. The SMILES string of the molecule is O=C(NC(=S)Nc1cc(Cl)c(Cl)cc1Cl)c1cccs1. The second-order valence-corrected chi connectivity index (χ2v) is 6.21. The van der Waals surface area contributed by atoms with Gasteiger partial charge in [-0.2, -0.15) is 0 Å². The van der Waals surface area contributed by atoms with Gasteiger partial charge in [0, 0.05) is 0 Å². The van der Waals surface area contributed by atoms with Crippen molar-refractivity contribution in [1.82, 2.24) is 5.32 Å². The van der Waals surface area contributed by atoms with Crippen molar-refractivity contribution >= 4 is 75.1 Å². The van der Waals surface area contributed by atoms with Crippen molar-refractivity contribution in [1.29, 1.82) is 0 Å². The summed E-state index contributed by atoms with van der Waals surface area (Å²) in [5.74, 6) is -0.284. The third kappa shape index (κ3) is 3.84. The van der Waals surface area contributed by atoms with Crippen LogP contribution in [0.3, 0.4) is 0 Å². The van der Waals surface area contributed by atoms with Crippen molar-refractivity contribution < 1.29 is 4.79 Å². The number of benzene rings is 1. The first kappa shape index (κ1) is 15.5. The van der Waals surface area contributed by atoms with E-state index in [0.29, 0.717) is 25.6 Å². The monoisotopic (exact) mass is 364 g/mol. The molecule has 0 unspecified atom stereocenters. The Kier molecular flexibility index (Phi) is 5.23. The lowest BCUT2D eigenvalue weighted by Crippen LogP contribution is -2.33. The molecule has 3 nitrogen and oxygen atoms in total. The first-order valence-electron chi connectivity index (χ1n) is 5.28. The molecule has 0 spiro atoms. The van der Waals surface area contributed by atoms with Gasteiger partial charge in [0.25, 0.3) is 5.91 Å². The highest BCUT2D eigenvalue weighted by Gasteiger charge is 2.11. The molecule has 8 heteroatoms. The van der Waals surface area contributed by atoms with Crippen LogP contribution in [0.1, 0.15) is 9.67 Å². The molecule has 2 aromatic rings. The Hall–Kier alpha value is -0.850. The highest BCUT2D eigenvalue weighted by atomic mass is 35.5. The van der Waals surface area contributed by atoms with Crippen LogP contribution in [0.25, 0.3) is 0 Å². The van der Waals surface area contributed by atoms with Crippen LogP contribution < -0.4 is 10.6 Å². The normalized spacial score (nSPS) is 10.2. The lowest BCUT2D eigenvalue weighted by Gasteiger charge is -2.11. The summed E-state index contributed by atoms with van der Waals surface area (Å²) in [5.41, 5.74) is 0.470. The van der Waals surface area contributed by atoms with Gasteiger partial charge in [0.15, 0.2) is 5.11 Å². The number of carbonyl (C=O) groups is 1. The van der Waals surface area contributed by atoms with Crippen LogP contribution in [0, 0.1) is 0 Å². The molecule has 1 aromatic heterocycles. The summed E-state index contributed by atoms with van der Waals surface area (Å²) < 4.78 is 0. The number of thiophene rings is 1. The number of anilines is 1. The predicted molar refractivity (Wildman–Crippen MR) is 89.5 cm³/mol. The van der Waals surface area contributed by atoms with E-state index in [0.717, 1.165) is 0 Å².